The fourth-order valence-corrected chi connectivity index (χ4v) is 2.91. The van der Waals surface area contributed by atoms with Gasteiger partial charge in [-0.3, -0.25) is 0 Å². The lowest BCUT2D eigenvalue weighted by atomic mass is 10.2. The molecule has 0 radical (unpaired) electrons. The molecule has 0 aromatic carbocycles. The van der Waals surface area contributed by atoms with Crippen molar-refractivity contribution >= 4 is 27.7 Å². The number of rotatable bonds is 3. The van der Waals surface area contributed by atoms with E-state index < -0.39 is 0 Å². The fourth-order valence-electron chi connectivity index (χ4n) is 2.60. The van der Waals surface area contributed by atoms with Crippen molar-refractivity contribution < 1.29 is 0 Å². The molecule has 1 saturated heterocycles. The van der Waals surface area contributed by atoms with Gasteiger partial charge in [0.25, 0.3) is 0 Å². The molecule has 2 aromatic rings. The van der Waals surface area contributed by atoms with E-state index in [4.69, 9.17) is 0 Å². The summed E-state index contributed by atoms with van der Waals surface area (Å²) >= 11 is 3.47. The molecule has 0 bridgehead atoms. The standard InChI is InChI=1S/C15H18BrN5/c1-12-9-13(10-16)11-19-14(12)20-5-7-21(8-6-20)15-17-3-2-4-18-15/h2-4,9,11H,5-8,10H2,1H3. The number of aryl methyl sites for hydroxylation is 1. The van der Waals surface area contributed by atoms with Crippen molar-refractivity contribution in [2.75, 3.05) is 36.0 Å². The zero-order valence-electron chi connectivity index (χ0n) is 12.0. The van der Waals surface area contributed by atoms with Crippen LogP contribution < -0.4 is 9.80 Å². The van der Waals surface area contributed by atoms with Crippen molar-refractivity contribution in [3.63, 3.8) is 0 Å². The minimum Gasteiger partial charge on any atom is -0.353 e. The Balaban J connectivity index is 1.68. The Morgan fingerprint density at radius 1 is 1.05 bits per heavy atom. The Kier molecular flexibility index (Phi) is 4.34. The van der Waals surface area contributed by atoms with Gasteiger partial charge in [-0.25, -0.2) is 15.0 Å². The lowest BCUT2D eigenvalue weighted by Gasteiger charge is -2.36. The predicted octanol–water partition coefficient (Wildman–Crippen LogP) is 2.40. The summed E-state index contributed by atoms with van der Waals surface area (Å²) in [7, 11) is 0. The number of pyridine rings is 1. The molecule has 0 saturated carbocycles. The summed E-state index contributed by atoms with van der Waals surface area (Å²) in [6.45, 7) is 5.86. The second-order valence-electron chi connectivity index (χ2n) is 5.14. The third-order valence-electron chi connectivity index (χ3n) is 3.68. The highest BCUT2D eigenvalue weighted by atomic mass is 79.9. The maximum absolute atomic E-state index is 4.62. The predicted molar refractivity (Wildman–Crippen MR) is 88.1 cm³/mol. The lowest BCUT2D eigenvalue weighted by molar-refractivity contribution is 0.633. The van der Waals surface area contributed by atoms with E-state index in [9.17, 15) is 0 Å². The highest BCUT2D eigenvalue weighted by Crippen LogP contribution is 2.21. The van der Waals surface area contributed by atoms with E-state index in [0.717, 1.165) is 43.3 Å². The van der Waals surface area contributed by atoms with Gasteiger partial charge in [0.1, 0.15) is 5.82 Å². The van der Waals surface area contributed by atoms with Crippen molar-refractivity contribution in [3.8, 4) is 0 Å². The molecule has 3 heterocycles. The topological polar surface area (TPSA) is 45.2 Å². The zero-order valence-corrected chi connectivity index (χ0v) is 13.6. The van der Waals surface area contributed by atoms with E-state index in [2.05, 4.69) is 53.7 Å². The molecule has 1 aliphatic heterocycles. The fraction of sp³-hybridized carbons (Fsp3) is 0.400. The first-order valence-electron chi connectivity index (χ1n) is 7.06. The van der Waals surface area contributed by atoms with Crippen LogP contribution in [0.25, 0.3) is 0 Å². The number of anilines is 2. The number of hydrogen-bond donors (Lipinski definition) is 0. The summed E-state index contributed by atoms with van der Waals surface area (Å²) < 4.78 is 0. The summed E-state index contributed by atoms with van der Waals surface area (Å²) in [5.41, 5.74) is 2.45. The van der Waals surface area contributed by atoms with Gasteiger partial charge in [0.05, 0.1) is 0 Å². The van der Waals surface area contributed by atoms with Crippen molar-refractivity contribution in [1.82, 2.24) is 15.0 Å². The van der Waals surface area contributed by atoms with Crippen LogP contribution in [0.15, 0.2) is 30.7 Å². The van der Waals surface area contributed by atoms with Gasteiger partial charge in [0.2, 0.25) is 5.95 Å². The number of halogens is 1. The molecule has 3 rings (SSSR count). The van der Waals surface area contributed by atoms with Crippen LogP contribution in [0.5, 0.6) is 0 Å². The Morgan fingerprint density at radius 3 is 2.33 bits per heavy atom. The molecule has 1 fully saturated rings. The second kappa shape index (κ2) is 6.39. The van der Waals surface area contributed by atoms with Crippen LogP contribution in [0.4, 0.5) is 11.8 Å². The molecule has 0 unspecified atom stereocenters. The van der Waals surface area contributed by atoms with Gasteiger partial charge in [0.15, 0.2) is 0 Å². The highest BCUT2D eigenvalue weighted by molar-refractivity contribution is 9.08. The molecule has 0 amide bonds. The molecular weight excluding hydrogens is 330 g/mol. The maximum Gasteiger partial charge on any atom is 0.225 e. The van der Waals surface area contributed by atoms with Gasteiger partial charge in [0, 0.05) is 50.1 Å². The van der Waals surface area contributed by atoms with Crippen molar-refractivity contribution in [2.45, 2.75) is 12.3 Å². The van der Waals surface area contributed by atoms with Gasteiger partial charge in [-0.1, -0.05) is 22.0 Å². The average Bonchev–Trinajstić information content (AvgIpc) is 2.56. The number of hydrogen-bond acceptors (Lipinski definition) is 5. The molecule has 110 valence electrons. The smallest absolute Gasteiger partial charge is 0.225 e. The van der Waals surface area contributed by atoms with Crippen molar-refractivity contribution in [2.24, 2.45) is 0 Å². The quantitative estimate of drug-likeness (QED) is 0.797. The van der Waals surface area contributed by atoms with Crippen LogP contribution in [0, 0.1) is 6.92 Å². The first kappa shape index (κ1) is 14.3. The highest BCUT2D eigenvalue weighted by Gasteiger charge is 2.20. The molecule has 0 aliphatic carbocycles. The molecule has 1 aliphatic rings. The van der Waals surface area contributed by atoms with Crippen LogP contribution in [-0.4, -0.2) is 41.1 Å². The Bertz CT molecular complexity index is 596. The van der Waals surface area contributed by atoms with Crippen LogP contribution in [0.2, 0.25) is 0 Å². The number of aromatic nitrogens is 3. The summed E-state index contributed by atoms with van der Waals surface area (Å²) in [6.07, 6.45) is 5.53. The molecule has 6 heteroatoms. The first-order valence-corrected chi connectivity index (χ1v) is 8.18. The number of alkyl halides is 1. The Hall–Kier alpha value is -1.69. The minimum absolute atomic E-state index is 0.816. The number of piperazine rings is 1. The molecule has 0 N–H and O–H groups in total. The average molecular weight is 348 g/mol. The van der Waals surface area contributed by atoms with Crippen LogP contribution in [0.3, 0.4) is 0 Å². The normalized spacial score (nSPS) is 15.3. The SMILES string of the molecule is Cc1cc(CBr)cnc1N1CCN(c2ncccn2)CC1. The van der Waals surface area contributed by atoms with E-state index in [-0.39, 0.29) is 0 Å². The molecule has 2 aromatic heterocycles. The van der Waals surface area contributed by atoms with E-state index in [1.165, 1.54) is 11.1 Å². The van der Waals surface area contributed by atoms with Gasteiger partial charge >= 0.3 is 0 Å². The van der Waals surface area contributed by atoms with Gasteiger partial charge in [-0.15, -0.1) is 0 Å². The summed E-state index contributed by atoms with van der Waals surface area (Å²) in [5.74, 6) is 1.91. The van der Waals surface area contributed by atoms with Gasteiger partial charge < -0.3 is 9.80 Å². The zero-order chi connectivity index (χ0) is 14.7. The van der Waals surface area contributed by atoms with Crippen molar-refractivity contribution in [1.29, 1.82) is 0 Å². The van der Waals surface area contributed by atoms with Crippen molar-refractivity contribution in [3.05, 3.63) is 41.9 Å². The number of nitrogens with zero attached hydrogens (tertiary/aromatic N) is 5. The first-order chi connectivity index (χ1) is 10.3. The molecule has 0 spiro atoms. The monoisotopic (exact) mass is 347 g/mol. The van der Waals surface area contributed by atoms with Gasteiger partial charge in [-0.2, -0.15) is 0 Å². The minimum atomic E-state index is 0.816. The van der Waals surface area contributed by atoms with Crippen LogP contribution in [-0.2, 0) is 5.33 Å². The van der Waals surface area contributed by atoms with Gasteiger partial charge in [-0.05, 0) is 24.1 Å². The molecule has 5 nitrogen and oxygen atoms in total. The van der Waals surface area contributed by atoms with E-state index >= 15 is 0 Å². The lowest BCUT2D eigenvalue weighted by Crippen LogP contribution is -2.47. The molecule has 0 atom stereocenters. The second-order valence-corrected chi connectivity index (χ2v) is 5.70. The molecule has 21 heavy (non-hydrogen) atoms. The van der Waals surface area contributed by atoms with E-state index in [1.807, 2.05) is 12.3 Å². The Labute approximate surface area is 133 Å². The van der Waals surface area contributed by atoms with Crippen LogP contribution in [0.1, 0.15) is 11.1 Å². The molecular formula is C15H18BrN5. The van der Waals surface area contributed by atoms with E-state index in [1.54, 1.807) is 12.4 Å². The summed E-state index contributed by atoms with van der Waals surface area (Å²) in [5, 5.41) is 0.847. The summed E-state index contributed by atoms with van der Waals surface area (Å²) in [4.78, 5) is 17.8. The van der Waals surface area contributed by atoms with E-state index in [0.29, 0.717) is 0 Å². The summed E-state index contributed by atoms with van der Waals surface area (Å²) in [6, 6.07) is 4.04. The van der Waals surface area contributed by atoms with Crippen LogP contribution >= 0.6 is 15.9 Å². The maximum atomic E-state index is 4.62. The Morgan fingerprint density at radius 2 is 1.71 bits per heavy atom. The largest absolute Gasteiger partial charge is 0.353 e. The third-order valence-corrected chi connectivity index (χ3v) is 4.32. The third kappa shape index (κ3) is 3.15.